The summed E-state index contributed by atoms with van der Waals surface area (Å²) in [6.07, 6.45) is 3.08. The van der Waals surface area contributed by atoms with Crippen molar-refractivity contribution in [1.29, 1.82) is 0 Å². The molecule has 0 saturated heterocycles. The van der Waals surface area contributed by atoms with Crippen LogP contribution in [0.1, 0.15) is 28.1 Å². The van der Waals surface area contributed by atoms with Crippen molar-refractivity contribution in [3.05, 3.63) is 107 Å². The van der Waals surface area contributed by atoms with Gasteiger partial charge in [-0.25, -0.2) is 0 Å². The fourth-order valence-electron chi connectivity index (χ4n) is 5.50. The van der Waals surface area contributed by atoms with E-state index in [1.54, 1.807) is 41.7 Å². The van der Waals surface area contributed by atoms with Gasteiger partial charge in [-0.05, 0) is 85.6 Å². The molecule has 4 aromatic carbocycles. The topological polar surface area (TPSA) is 99.9 Å². The highest BCUT2D eigenvalue weighted by molar-refractivity contribution is 7.86. The molecule has 0 saturated carbocycles. The molecule has 0 aliphatic heterocycles. The van der Waals surface area contributed by atoms with E-state index in [-0.39, 0.29) is 10.8 Å². The van der Waals surface area contributed by atoms with Gasteiger partial charge >= 0.3 is 0 Å². The van der Waals surface area contributed by atoms with Crippen molar-refractivity contribution in [3.63, 3.8) is 0 Å². The molecular weight excluding hydrogens is 569 g/mol. The van der Waals surface area contributed by atoms with Gasteiger partial charge in [0, 0.05) is 44.7 Å². The number of carbonyl (C=O) groups is 1. The van der Waals surface area contributed by atoms with E-state index in [2.05, 4.69) is 36.4 Å². The van der Waals surface area contributed by atoms with E-state index in [1.165, 1.54) is 17.0 Å². The number of likely N-dealkylation sites (N-methyl/N-ethyl adjacent to an activating group) is 1. The Balaban J connectivity index is 0.000000189. The Bertz CT molecular complexity index is 2040. The number of nitrogens with zero attached hydrogens (tertiary/aromatic N) is 1. The molecule has 7 nitrogen and oxygen atoms in total. The van der Waals surface area contributed by atoms with Gasteiger partial charge in [0.1, 0.15) is 16.2 Å². The molecule has 6 aromatic rings. The molecule has 214 valence electrons. The zero-order valence-corrected chi connectivity index (χ0v) is 24.8. The Kier molecular flexibility index (Phi) is 7.59. The zero-order valence-electron chi connectivity index (χ0n) is 23.2. The van der Waals surface area contributed by atoms with Crippen LogP contribution < -0.4 is 5.32 Å². The lowest BCUT2D eigenvalue weighted by Crippen LogP contribution is -2.33. The van der Waals surface area contributed by atoms with Crippen molar-refractivity contribution in [1.82, 2.24) is 4.90 Å². The van der Waals surface area contributed by atoms with Crippen molar-refractivity contribution in [2.24, 2.45) is 0 Å². The highest BCUT2D eigenvalue weighted by Gasteiger charge is 2.25. The normalized spacial score (nSPS) is 15.0. The summed E-state index contributed by atoms with van der Waals surface area (Å²) in [5.74, 6) is 1.01. The van der Waals surface area contributed by atoms with Gasteiger partial charge in [0.05, 0.1) is 0 Å². The lowest BCUT2D eigenvalue weighted by molar-refractivity contribution is 0.102. The van der Waals surface area contributed by atoms with Gasteiger partial charge in [-0.2, -0.15) is 8.42 Å². The third kappa shape index (κ3) is 5.69. The number of nitrogens with one attached hydrogen (secondary N) is 1. The smallest absolute Gasteiger partial charge is 0.295 e. The first kappa shape index (κ1) is 28.1. The second-order valence-corrected chi connectivity index (χ2v) is 13.0. The van der Waals surface area contributed by atoms with Gasteiger partial charge in [0.25, 0.3) is 16.0 Å². The van der Waals surface area contributed by atoms with Crippen LogP contribution in [0.15, 0.2) is 99.6 Å². The predicted octanol–water partition coefficient (Wildman–Crippen LogP) is 7.41. The molecule has 1 amide bonds. The maximum absolute atomic E-state index is 12.7. The average Bonchev–Trinajstić information content (AvgIpc) is 3.60. The lowest BCUT2D eigenvalue weighted by Gasteiger charge is -2.27. The third-order valence-electron chi connectivity index (χ3n) is 7.75. The minimum absolute atomic E-state index is 0.0457. The monoisotopic (exact) mass is 598 g/mol. The minimum atomic E-state index is -4.13. The van der Waals surface area contributed by atoms with Crippen molar-refractivity contribution < 1.29 is 22.2 Å². The Morgan fingerprint density at radius 1 is 0.952 bits per heavy atom. The molecule has 2 N–H and O–H groups in total. The van der Waals surface area contributed by atoms with E-state index < -0.39 is 10.1 Å². The lowest BCUT2D eigenvalue weighted by atomic mass is 9.91. The maximum atomic E-state index is 12.7. The number of anilines is 1. The number of amides is 1. The number of carbonyl (C=O) groups excluding carboxylic acids is 1. The van der Waals surface area contributed by atoms with Gasteiger partial charge in [-0.3, -0.25) is 9.35 Å². The van der Waals surface area contributed by atoms with Gasteiger partial charge < -0.3 is 14.6 Å². The molecule has 7 rings (SSSR count). The van der Waals surface area contributed by atoms with Crippen LogP contribution in [-0.4, -0.2) is 43.9 Å². The molecule has 2 heterocycles. The van der Waals surface area contributed by atoms with Gasteiger partial charge in [-0.15, -0.1) is 11.3 Å². The number of benzene rings is 4. The summed E-state index contributed by atoms with van der Waals surface area (Å²) in [6, 6.07) is 26.2. The highest BCUT2D eigenvalue weighted by Crippen LogP contribution is 2.34. The van der Waals surface area contributed by atoms with E-state index in [4.69, 9.17) is 8.97 Å². The number of fused-ring (bicyclic) bond motifs is 5. The summed E-state index contributed by atoms with van der Waals surface area (Å²) >= 11 is 1.65. The number of rotatable bonds is 4. The van der Waals surface area contributed by atoms with Crippen molar-refractivity contribution in [3.8, 4) is 0 Å². The molecule has 42 heavy (non-hydrogen) atoms. The van der Waals surface area contributed by atoms with Gasteiger partial charge in [0.2, 0.25) is 0 Å². The number of aryl methyl sites for hydroxylation is 1. The summed E-state index contributed by atoms with van der Waals surface area (Å²) in [4.78, 5) is 15.0. The Labute approximate surface area is 248 Å². The van der Waals surface area contributed by atoms with E-state index >= 15 is 0 Å². The first-order valence-electron chi connectivity index (χ1n) is 13.6. The summed E-state index contributed by atoms with van der Waals surface area (Å²) in [5, 5.41) is 8.72. The molecule has 2 aromatic heterocycles. The predicted molar refractivity (Wildman–Crippen MR) is 169 cm³/mol. The zero-order chi connectivity index (χ0) is 29.4. The van der Waals surface area contributed by atoms with Gasteiger partial charge in [0.15, 0.2) is 0 Å². The van der Waals surface area contributed by atoms with Crippen LogP contribution in [0.5, 0.6) is 0 Å². The molecule has 0 bridgehead atoms. The number of thiophene rings is 1. The van der Waals surface area contributed by atoms with Crippen LogP contribution >= 0.6 is 11.3 Å². The van der Waals surface area contributed by atoms with Crippen LogP contribution in [-0.2, 0) is 23.0 Å². The molecule has 1 unspecified atom stereocenters. The standard InChI is InChI=1S/C23H22N2O2S.C10H8O3S/c1-25(2)17-6-8-21-19(13-17)18-12-16(5-7-20(18)27-21)24-23(26)15-4-3-14-9-10-28-22(14)11-15;11-14(12,13)10-7-3-5-8-4-1-2-6-9(8)10/h3-5,7,9-12,17H,6,8,13H2,1-2H3,(H,24,26);1-7H,(H,11,12,13). The Morgan fingerprint density at radius 2 is 1.76 bits per heavy atom. The second-order valence-electron chi connectivity index (χ2n) is 10.7. The first-order valence-corrected chi connectivity index (χ1v) is 15.9. The summed E-state index contributed by atoms with van der Waals surface area (Å²) < 4.78 is 38.2. The Morgan fingerprint density at radius 3 is 2.57 bits per heavy atom. The molecule has 1 aliphatic rings. The minimum Gasteiger partial charge on any atom is -0.461 e. The number of hydrogen-bond donors (Lipinski definition) is 2. The Hall–Kier alpha value is -4.02. The van der Waals surface area contributed by atoms with Crippen molar-refractivity contribution in [2.75, 3.05) is 19.4 Å². The average molecular weight is 599 g/mol. The molecule has 0 fully saturated rings. The molecule has 0 radical (unpaired) electrons. The maximum Gasteiger partial charge on any atom is 0.295 e. The van der Waals surface area contributed by atoms with E-state index in [9.17, 15) is 13.2 Å². The molecule has 1 aliphatic carbocycles. The SMILES string of the molecule is CN(C)C1CCc2oc3ccc(NC(=O)c4ccc5ccsc5c4)cc3c2C1.O=S(=O)(O)c1cccc2ccccc12. The highest BCUT2D eigenvalue weighted by atomic mass is 32.2. The van der Waals surface area contributed by atoms with E-state index in [1.807, 2.05) is 41.8 Å². The fraction of sp³-hybridized carbons (Fsp3) is 0.182. The molecule has 9 heteroatoms. The van der Waals surface area contributed by atoms with Crippen LogP contribution in [0.2, 0.25) is 0 Å². The van der Waals surface area contributed by atoms with Gasteiger partial charge in [-0.1, -0.05) is 42.5 Å². The van der Waals surface area contributed by atoms with Crippen LogP contribution in [0, 0.1) is 0 Å². The van der Waals surface area contributed by atoms with Crippen LogP contribution in [0.25, 0.3) is 31.8 Å². The molecule has 1 atom stereocenters. The van der Waals surface area contributed by atoms with Crippen LogP contribution in [0.3, 0.4) is 0 Å². The fourth-order valence-corrected chi connectivity index (χ4v) is 7.04. The number of furan rings is 1. The van der Waals surface area contributed by atoms with Crippen molar-refractivity contribution >= 4 is 64.9 Å². The summed E-state index contributed by atoms with van der Waals surface area (Å²) in [5.41, 5.74) is 3.68. The summed E-state index contributed by atoms with van der Waals surface area (Å²) in [6.45, 7) is 0. The summed E-state index contributed by atoms with van der Waals surface area (Å²) in [7, 11) is 0.136. The van der Waals surface area contributed by atoms with E-state index in [0.717, 1.165) is 51.8 Å². The second kappa shape index (κ2) is 11.3. The number of hydrogen-bond acceptors (Lipinski definition) is 6. The van der Waals surface area contributed by atoms with E-state index in [0.29, 0.717) is 17.0 Å². The first-order chi connectivity index (χ1) is 20.2. The van der Waals surface area contributed by atoms with Crippen molar-refractivity contribution in [2.45, 2.75) is 30.2 Å². The third-order valence-corrected chi connectivity index (χ3v) is 9.54. The quantitative estimate of drug-likeness (QED) is 0.205. The molecular formula is C33H30N2O5S2. The largest absolute Gasteiger partial charge is 0.461 e. The molecule has 0 spiro atoms. The van der Waals surface area contributed by atoms with Crippen LogP contribution in [0.4, 0.5) is 5.69 Å².